The van der Waals surface area contributed by atoms with Gasteiger partial charge in [0.25, 0.3) is 22.7 Å². The number of benzene rings is 2. The molecule has 0 radical (unpaired) electrons. The Morgan fingerprint density at radius 2 is 1.71 bits per heavy atom. The smallest absolute Gasteiger partial charge is 0.354 e. The van der Waals surface area contributed by atoms with Crippen molar-refractivity contribution in [2.45, 2.75) is 33.5 Å². The van der Waals surface area contributed by atoms with Gasteiger partial charge in [-0.05, 0) is 42.3 Å². The normalized spacial score (nSPS) is 11.1. The molecule has 0 aliphatic rings. The van der Waals surface area contributed by atoms with Gasteiger partial charge in [0.05, 0.1) is 18.9 Å². The van der Waals surface area contributed by atoms with E-state index in [9.17, 15) is 38.3 Å². The van der Waals surface area contributed by atoms with Gasteiger partial charge < -0.3 is 37.7 Å². The second kappa shape index (κ2) is 15.4. The number of hydrogen-bond donors (Lipinski definition) is 6. The van der Waals surface area contributed by atoms with Crippen molar-refractivity contribution in [1.29, 1.82) is 0 Å². The molecule has 0 aliphatic heterocycles. The summed E-state index contributed by atoms with van der Waals surface area (Å²) < 4.78 is 19.6. The Balaban J connectivity index is 0.000000392. The first-order valence-corrected chi connectivity index (χ1v) is 14.0. The first kappa shape index (κ1) is 37.0. The van der Waals surface area contributed by atoms with Gasteiger partial charge >= 0.3 is 11.9 Å². The number of carboxylic acid groups (broad SMARTS) is 1. The molecule has 9 N–H and O–H groups in total. The van der Waals surface area contributed by atoms with Crippen LogP contribution in [0.25, 0.3) is 5.65 Å². The first-order valence-electron chi connectivity index (χ1n) is 14.0. The maximum absolute atomic E-state index is 14.2. The molecule has 0 bridgehead atoms. The van der Waals surface area contributed by atoms with Crippen molar-refractivity contribution in [1.82, 2.24) is 19.9 Å². The maximum atomic E-state index is 14.2. The number of rotatable bonds is 10. The molecule has 0 spiro atoms. The lowest BCUT2D eigenvalue weighted by molar-refractivity contribution is 0.0599. The summed E-state index contributed by atoms with van der Waals surface area (Å²) in [6.45, 7) is 1.67. The third-order valence-corrected chi connectivity index (χ3v) is 7.01. The maximum Gasteiger partial charge on any atom is 0.354 e. The summed E-state index contributed by atoms with van der Waals surface area (Å²) in [4.78, 5) is 73.5. The lowest BCUT2D eigenvalue weighted by Crippen LogP contribution is -2.37. The third-order valence-electron chi connectivity index (χ3n) is 7.01. The number of anilines is 2. The van der Waals surface area contributed by atoms with Gasteiger partial charge in [-0.15, -0.1) is 0 Å². The van der Waals surface area contributed by atoms with E-state index in [1.54, 1.807) is 12.1 Å². The standard InChI is InChI=1S/C21H16FN7O6.C10H13NO2.CH4/c22-11-2-1-8(3-9(11)6-25-15-14(23)16(30)17(15)31)5-26-20(33)12-4-13(21(34)35)29-19(28-12)10(7-27-29)18(24)32;1-7(11)8-3-5-9(6-4-8)10(12)13-2;/h1-4,7,25H,5-6,23H2,(H2,24,32)(H,26,33)(H,34,35);3-7H,11H2,1-2H3;1H4/t;7-;/m.0./s1. The number of ether oxygens (including phenoxy) is 1. The van der Waals surface area contributed by atoms with E-state index < -0.39 is 40.2 Å². The average Bonchev–Trinajstić information content (AvgIpc) is 3.52. The zero-order valence-corrected chi connectivity index (χ0v) is 25.4. The number of carbonyl (C=O) groups is 4. The van der Waals surface area contributed by atoms with Crippen LogP contribution in [-0.2, 0) is 17.8 Å². The molecular formula is C32H33FN8O8. The minimum absolute atomic E-state index is 0. The molecule has 17 heteroatoms. The predicted octanol–water partition coefficient (Wildman–Crippen LogP) is 1.51. The lowest BCUT2D eigenvalue weighted by atomic mass is 10.1. The quantitative estimate of drug-likeness (QED) is 0.0906. The highest BCUT2D eigenvalue weighted by Crippen LogP contribution is 2.17. The van der Waals surface area contributed by atoms with E-state index in [0.29, 0.717) is 11.1 Å². The molecule has 2 aromatic heterocycles. The van der Waals surface area contributed by atoms with Crippen LogP contribution in [0, 0.1) is 5.82 Å². The molecule has 2 amide bonds. The Morgan fingerprint density at radius 1 is 1.04 bits per heavy atom. The molecule has 0 saturated heterocycles. The number of aromatic nitrogens is 3. The Bertz CT molecular complexity index is 2120. The van der Waals surface area contributed by atoms with E-state index in [2.05, 4.69) is 25.5 Å². The molecule has 0 fully saturated rings. The van der Waals surface area contributed by atoms with E-state index in [1.165, 1.54) is 19.2 Å². The van der Waals surface area contributed by atoms with E-state index >= 15 is 0 Å². The van der Waals surface area contributed by atoms with Gasteiger partial charge in [-0.3, -0.25) is 19.2 Å². The minimum atomic E-state index is -1.41. The molecule has 5 aromatic rings. The molecule has 1 atom stereocenters. The number of nitrogens with two attached hydrogens (primary N) is 3. The number of carbonyl (C=O) groups excluding carboxylic acids is 3. The number of aromatic carboxylic acids is 1. The number of esters is 1. The van der Waals surface area contributed by atoms with E-state index in [4.69, 9.17) is 17.2 Å². The molecule has 5 rings (SSSR count). The molecular weight excluding hydrogens is 643 g/mol. The van der Waals surface area contributed by atoms with Gasteiger partial charge in [-0.2, -0.15) is 5.10 Å². The molecule has 3 aromatic carbocycles. The van der Waals surface area contributed by atoms with Crippen molar-refractivity contribution >= 4 is 40.8 Å². The fourth-order valence-electron chi connectivity index (χ4n) is 4.36. The molecule has 256 valence electrons. The van der Waals surface area contributed by atoms with Crippen LogP contribution in [0.15, 0.2) is 64.3 Å². The number of nitrogen functional groups attached to an aromatic ring is 1. The highest BCUT2D eigenvalue weighted by Gasteiger charge is 2.21. The summed E-state index contributed by atoms with van der Waals surface area (Å²) in [7, 11) is 1.36. The van der Waals surface area contributed by atoms with Crippen LogP contribution in [0.5, 0.6) is 0 Å². The van der Waals surface area contributed by atoms with Crippen LogP contribution >= 0.6 is 0 Å². The number of carboxylic acids is 1. The second-order valence-electron chi connectivity index (χ2n) is 10.3. The molecule has 0 aliphatic carbocycles. The van der Waals surface area contributed by atoms with E-state index in [0.717, 1.165) is 28.4 Å². The molecule has 2 heterocycles. The third kappa shape index (κ3) is 8.09. The van der Waals surface area contributed by atoms with Crippen LogP contribution in [0.3, 0.4) is 0 Å². The molecule has 16 nitrogen and oxygen atoms in total. The van der Waals surface area contributed by atoms with Gasteiger partial charge in [0.2, 0.25) is 0 Å². The van der Waals surface area contributed by atoms with Gasteiger partial charge in [0.1, 0.15) is 28.4 Å². The number of halogens is 1. The van der Waals surface area contributed by atoms with Crippen LogP contribution in [0.2, 0.25) is 0 Å². The van der Waals surface area contributed by atoms with Crippen molar-refractivity contribution in [3.63, 3.8) is 0 Å². The highest BCUT2D eigenvalue weighted by molar-refractivity contribution is 6.01. The SMILES string of the molecule is C.COC(=O)c1ccc([C@H](C)N)cc1.NC(=O)c1cnn2c(C(=O)O)cc(C(=O)NCc3ccc(F)c(CNc4c(N)c(=O)c4=O)c3)nc12. The first-order chi connectivity index (χ1) is 22.7. The summed E-state index contributed by atoms with van der Waals surface area (Å²) in [5.41, 5.74) is 15.5. The Kier molecular flexibility index (Phi) is 11.6. The summed E-state index contributed by atoms with van der Waals surface area (Å²) in [6.07, 6.45) is 1.05. The van der Waals surface area contributed by atoms with Crippen molar-refractivity contribution < 1.29 is 33.4 Å². The van der Waals surface area contributed by atoms with Crippen LogP contribution in [-0.4, -0.2) is 50.6 Å². The number of amides is 2. The summed E-state index contributed by atoms with van der Waals surface area (Å²) >= 11 is 0. The average molecular weight is 677 g/mol. The van der Waals surface area contributed by atoms with Gasteiger partial charge in [-0.1, -0.05) is 25.6 Å². The minimum Gasteiger partial charge on any atom is -0.477 e. The Morgan fingerprint density at radius 3 is 2.29 bits per heavy atom. The number of hydrogen-bond acceptors (Lipinski definition) is 12. The largest absolute Gasteiger partial charge is 0.477 e. The number of primary amides is 1. The molecule has 0 unspecified atom stereocenters. The van der Waals surface area contributed by atoms with E-state index in [1.807, 2.05) is 19.1 Å². The Labute approximate surface area is 277 Å². The summed E-state index contributed by atoms with van der Waals surface area (Å²) in [5.74, 6) is -4.01. The Hall–Kier alpha value is -6.49. The number of fused-ring (bicyclic) bond motifs is 1. The topological polar surface area (TPSA) is 264 Å². The zero-order valence-electron chi connectivity index (χ0n) is 25.4. The number of nitrogens with zero attached hydrogens (tertiary/aromatic N) is 3. The van der Waals surface area contributed by atoms with Crippen molar-refractivity contribution in [3.05, 3.63) is 120 Å². The highest BCUT2D eigenvalue weighted by atomic mass is 19.1. The number of methoxy groups -OCH3 is 1. The lowest BCUT2D eigenvalue weighted by Gasteiger charge is -2.12. The van der Waals surface area contributed by atoms with Crippen LogP contribution in [0.4, 0.5) is 15.8 Å². The van der Waals surface area contributed by atoms with Gasteiger partial charge in [0.15, 0.2) is 11.3 Å². The van der Waals surface area contributed by atoms with Crippen molar-refractivity contribution in [2.75, 3.05) is 18.2 Å². The zero-order chi connectivity index (χ0) is 35.3. The van der Waals surface area contributed by atoms with Crippen LogP contribution in [0.1, 0.15) is 78.8 Å². The van der Waals surface area contributed by atoms with Gasteiger partial charge in [0, 0.05) is 30.8 Å². The van der Waals surface area contributed by atoms with Crippen LogP contribution < -0.4 is 38.7 Å². The molecule has 0 saturated carbocycles. The predicted molar refractivity (Wildman–Crippen MR) is 176 cm³/mol. The van der Waals surface area contributed by atoms with E-state index in [-0.39, 0.29) is 66.4 Å². The monoisotopic (exact) mass is 676 g/mol. The van der Waals surface area contributed by atoms with Crippen molar-refractivity contribution in [2.24, 2.45) is 11.5 Å². The number of nitrogens with one attached hydrogen (secondary N) is 2. The fraction of sp³-hybridized carbons (Fsp3) is 0.188. The summed E-state index contributed by atoms with van der Waals surface area (Å²) in [6, 6.07) is 12.0. The van der Waals surface area contributed by atoms with Crippen molar-refractivity contribution in [3.8, 4) is 0 Å². The fourth-order valence-corrected chi connectivity index (χ4v) is 4.36. The summed E-state index contributed by atoms with van der Waals surface area (Å²) in [5, 5.41) is 18.4. The molecule has 49 heavy (non-hydrogen) atoms. The van der Waals surface area contributed by atoms with Gasteiger partial charge in [-0.25, -0.2) is 23.5 Å². The second-order valence-corrected chi connectivity index (χ2v) is 10.3.